The first-order chi connectivity index (χ1) is 11.6. The lowest BCUT2D eigenvalue weighted by atomic mass is 10.2. The first-order valence-corrected chi connectivity index (χ1v) is 7.89. The summed E-state index contributed by atoms with van der Waals surface area (Å²) in [6.45, 7) is 2.61. The minimum absolute atomic E-state index is 0.0529. The van der Waals surface area contributed by atoms with Gasteiger partial charge in [0.05, 0.1) is 13.7 Å². The fraction of sp³-hybridized carbons (Fsp3) is 0.278. The number of methoxy groups -OCH3 is 1. The van der Waals surface area contributed by atoms with Gasteiger partial charge in [-0.15, -0.1) is 0 Å². The van der Waals surface area contributed by atoms with Crippen molar-refractivity contribution < 1.29 is 19.0 Å². The van der Waals surface area contributed by atoms with Crippen molar-refractivity contribution in [2.45, 2.75) is 6.92 Å². The number of halogens is 1. The minimum Gasteiger partial charge on any atom is -0.497 e. The van der Waals surface area contributed by atoms with Gasteiger partial charge in [0.25, 0.3) is 5.91 Å². The van der Waals surface area contributed by atoms with E-state index >= 15 is 0 Å². The van der Waals surface area contributed by atoms with Crippen LogP contribution in [0.1, 0.15) is 5.56 Å². The number of rotatable bonds is 8. The van der Waals surface area contributed by atoms with E-state index in [1.54, 1.807) is 37.4 Å². The zero-order valence-corrected chi connectivity index (χ0v) is 14.4. The van der Waals surface area contributed by atoms with Crippen LogP contribution in [0.5, 0.6) is 17.2 Å². The zero-order chi connectivity index (χ0) is 17.4. The molecular weight excluding hydrogens is 330 g/mol. The molecule has 0 aliphatic rings. The lowest BCUT2D eigenvalue weighted by Crippen LogP contribution is -2.32. The first-order valence-electron chi connectivity index (χ1n) is 7.51. The molecule has 0 aliphatic heterocycles. The SMILES string of the molecule is COc1ccc(OCC(=O)NCCOc2ccc(C)c(Cl)c2)cc1. The van der Waals surface area contributed by atoms with Gasteiger partial charge < -0.3 is 19.5 Å². The van der Waals surface area contributed by atoms with Crippen LogP contribution in [0.25, 0.3) is 0 Å². The van der Waals surface area contributed by atoms with Gasteiger partial charge in [0.2, 0.25) is 0 Å². The van der Waals surface area contributed by atoms with Crippen LogP contribution in [-0.4, -0.2) is 32.8 Å². The average Bonchev–Trinajstić information content (AvgIpc) is 2.60. The van der Waals surface area contributed by atoms with Crippen LogP contribution in [0.3, 0.4) is 0 Å². The third kappa shape index (κ3) is 5.66. The highest BCUT2D eigenvalue weighted by atomic mass is 35.5. The summed E-state index contributed by atoms with van der Waals surface area (Å²) < 4.78 is 16.0. The quantitative estimate of drug-likeness (QED) is 0.743. The van der Waals surface area contributed by atoms with Gasteiger partial charge in [-0.3, -0.25) is 4.79 Å². The van der Waals surface area contributed by atoms with Crippen molar-refractivity contribution in [2.75, 3.05) is 26.9 Å². The van der Waals surface area contributed by atoms with Crippen molar-refractivity contribution in [3.63, 3.8) is 0 Å². The number of carbonyl (C=O) groups is 1. The van der Waals surface area contributed by atoms with Crippen LogP contribution < -0.4 is 19.5 Å². The monoisotopic (exact) mass is 349 g/mol. The molecule has 0 atom stereocenters. The molecule has 0 heterocycles. The van der Waals surface area contributed by atoms with Crippen molar-refractivity contribution in [2.24, 2.45) is 0 Å². The van der Waals surface area contributed by atoms with Gasteiger partial charge in [-0.1, -0.05) is 17.7 Å². The molecule has 128 valence electrons. The molecule has 0 spiro atoms. The maximum Gasteiger partial charge on any atom is 0.258 e. The molecule has 1 N–H and O–H groups in total. The average molecular weight is 350 g/mol. The van der Waals surface area contributed by atoms with Crippen LogP contribution in [0.2, 0.25) is 5.02 Å². The Balaban J connectivity index is 1.64. The highest BCUT2D eigenvalue weighted by Gasteiger charge is 2.03. The standard InChI is InChI=1S/C18H20ClNO4/c1-13-3-4-16(11-17(13)19)23-10-9-20-18(21)12-24-15-7-5-14(22-2)6-8-15/h3-8,11H,9-10,12H2,1-2H3,(H,20,21). The topological polar surface area (TPSA) is 56.8 Å². The Morgan fingerprint density at radius 1 is 1.04 bits per heavy atom. The second kappa shape index (κ2) is 9.03. The number of nitrogens with one attached hydrogen (secondary N) is 1. The van der Waals surface area contributed by atoms with Gasteiger partial charge in [-0.25, -0.2) is 0 Å². The van der Waals surface area contributed by atoms with Crippen molar-refractivity contribution in [3.8, 4) is 17.2 Å². The van der Waals surface area contributed by atoms with Gasteiger partial charge in [0, 0.05) is 5.02 Å². The number of carbonyl (C=O) groups excluding carboxylic acids is 1. The van der Waals surface area contributed by atoms with E-state index < -0.39 is 0 Å². The number of benzene rings is 2. The van der Waals surface area contributed by atoms with Gasteiger partial charge >= 0.3 is 0 Å². The molecule has 6 heteroatoms. The van der Waals surface area contributed by atoms with Crippen molar-refractivity contribution in [1.29, 1.82) is 0 Å². The highest BCUT2D eigenvalue weighted by Crippen LogP contribution is 2.21. The summed E-state index contributed by atoms with van der Waals surface area (Å²) in [6, 6.07) is 12.5. The summed E-state index contributed by atoms with van der Waals surface area (Å²) in [5.74, 6) is 1.81. The Morgan fingerprint density at radius 2 is 1.71 bits per heavy atom. The summed E-state index contributed by atoms with van der Waals surface area (Å²) in [5.41, 5.74) is 0.994. The maximum atomic E-state index is 11.7. The summed E-state index contributed by atoms with van der Waals surface area (Å²) in [5, 5.41) is 3.38. The summed E-state index contributed by atoms with van der Waals surface area (Å²) >= 11 is 6.02. The van der Waals surface area contributed by atoms with Crippen molar-refractivity contribution in [3.05, 3.63) is 53.1 Å². The summed E-state index contributed by atoms with van der Waals surface area (Å²) in [7, 11) is 1.59. The Hall–Kier alpha value is -2.40. The van der Waals surface area contributed by atoms with Crippen molar-refractivity contribution in [1.82, 2.24) is 5.32 Å². The molecule has 0 radical (unpaired) electrons. The highest BCUT2D eigenvalue weighted by molar-refractivity contribution is 6.31. The van der Waals surface area contributed by atoms with Crippen molar-refractivity contribution >= 4 is 17.5 Å². The number of aryl methyl sites for hydroxylation is 1. The van der Waals surface area contributed by atoms with Crippen LogP contribution in [-0.2, 0) is 4.79 Å². The largest absolute Gasteiger partial charge is 0.497 e. The number of amides is 1. The molecule has 0 bridgehead atoms. The van der Waals surface area contributed by atoms with Crippen LogP contribution >= 0.6 is 11.6 Å². The fourth-order valence-corrected chi connectivity index (χ4v) is 2.07. The fourth-order valence-electron chi connectivity index (χ4n) is 1.89. The molecule has 1 amide bonds. The third-order valence-corrected chi connectivity index (χ3v) is 3.67. The molecule has 2 rings (SSSR count). The molecule has 0 aromatic heterocycles. The normalized spacial score (nSPS) is 10.1. The number of hydrogen-bond donors (Lipinski definition) is 1. The smallest absolute Gasteiger partial charge is 0.258 e. The van der Waals surface area contributed by atoms with Gasteiger partial charge in [0.15, 0.2) is 6.61 Å². The van der Waals surface area contributed by atoms with E-state index in [1.165, 1.54) is 0 Å². The molecule has 0 unspecified atom stereocenters. The molecule has 0 saturated heterocycles. The second-order valence-corrected chi connectivity index (χ2v) is 5.48. The molecule has 5 nitrogen and oxygen atoms in total. The molecule has 0 aliphatic carbocycles. The summed E-state index contributed by atoms with van der Waals surface area (Å²) in [6.07, 6.45) is 0. The predicted molar refractivity (Wildman–Crippen MR) is 93.2 cm³/mol. The van der Waals surface area contributed by atoms with E-state index in [2.05, 4.69) is 5.32 Å². The Labute approximate surface area is 146 Å². The van der Waals surface area contributed by atoms with Crippen LogP contribution in [0.4, 0.5) is 0 Å². The third-order valence-electron chi connectivity index (χ3n) is 3.27. The van der Waals surface area contributed by atoms with Crippen LogP contribution in [0, 0.1) is 6.92 Å². The number of ether oxygens (including phenoxy) is 3. The lowest BCUT2D eigenvalue weighted by molar-refractivity contribution is -0.123. The van der Waals surface area contributed by atoms with E-state index in [0.29, 0.717) is 29.7 Å². The number of hydrogen-bond acceptors (Lipinski definition) is 4. The van der Waals surface area contributed by atoms with Gasteiger partial charge in [-0.05, 0) is 48.9 Å². The maximum absolute atomic E-state index is 11.7. The van der Waals surface area contributed by atoms with E-state index in [-0.39, 0.29) is 12.5 Å². The van der Waals surface area contributed by atoms with E-state index in [0.717, 1.165) is 11.3 Å². The Kier molecular flexibility index (Phi) is 6.75. The predicted octanol–water partition coefficient (Wildman–Crippen LogP) is 3.23. The second-order valence-electron chi connectivity index (χ2n) is 5.07. The lowest BCUT2D eigenvalue weighted by Gasteiger charge is -2.10. The summed E-state index contributed by atoms with van der Waals surface area (Å²) in [4.78, 5) is 11.7. The molecule has 2 aromatic rings. The minimum atomic E-state index is -0.212. The Morgan fingerprint density at radius 3 is 2.38 bits per heavy atom. The first kappa shape index (κ1) is 17.9. The molecule has 24 heavy (non-hydrogen) atoms. The molecule has 2 aromatic carbocycles. The van der Waals surface area contributed by atoms with Crippen LogP contribution in [0.15, 0.2) is 42.5 Å². The molecular formula is C18H20ClNO4. The van der Waals surface area contributed by atoms with E-state index in [1.807, 2.05) is 19.1 Å². The molecule has 0 fully saturated rings. The zero-order valence-electron chi connectivity index (χ0n) is 13.7. The molecule has 0 saturated carbocycles. The van der Waals surface area contributed by atoms with E-state index in [9.17, 15) is 4.79 Å². The van der Waals surface area contributed by atoms with E-state index in [4.69, 9.17) is 25.8 Å². The van der Waals surface area contributed by atoms with Gasteiger partial charge in [0.1, 0.15) is 23.9 Å². The Bertz CT molecular complexity index is 673. The van der Waals surface area contributed by atoms with Gasteiger partial charge in [-0.2, -0.15) is 0 Å².